The molecule has 1 aromatic carbocycles. The number of hydrogen-bond acceptors (Lipinski definition) is 2. The van der Waals surface area contributed by atoms with E-state index in [0.717, 1.165) is 16.8 Å². The van der Waals surface area contributed by atoms with Crippen LogP contribution in [0.2, 0.25) is 0 Å². The number of carbonyl (C=O) groups excluding carboxylic acids is 1. The SMILES string of the molecule is C=Cc1nccc(C)c1C(=O)Nc1ccccc1C. The number of aromatic nitrogens is 1. The summed E-state index contributed by atoms with van der Waals surface area (Å²) >= 11 is 0. The summed E-state index contributed by atoms with van der Waals surface area (Å²) in [5.41, 5.74) is 3.89. The van der Waals surface area contributed by atoms with E-state index in [1.165, 1.54) is 0 Å². The predicted molar refractivity (Wildman–Crippen MR) is 78.2 cm³/mol. The first-order valence-corrected chi connectivity index (χ1v) is 6.08. The Morgan fingerprint density at radius 3 is 2.63 bits per heavy atom. The number of aryl methyl sites for hydroxylation is 2. The first-order chi connectivity index (χ1) is 9.13. The molecule has 2 rings (SSSR count). The minimum absolute atomic E-state index is 0.158. The van der Waals surface area contributed by atoms with Crippen LogP contribution in [-0.4, -0.2) is 10.9 Å². The van der Waals surface area contributed by atoms with Crippen LogP contribution < -0.4 is 5.32 Å². The van der Waals surface area contributed by atoms with E-state index in [2.05, 4.69) is 16.9 Å². The Kier molecular flexibility index (Phi) is 3.76. The van der Waals surface area contributed by atoms with Crippen LogP contribution >= 0.6 is 0 Å². The summed E-state index contributed by atoms with van der Waals surface area (Å²) in [6.07, 6.45) is 3.27. The fraction of sp³-hybridized carbons (Fsp3) is 0.125. The Bertz CT molecular complexity index is 632. The van der Waals surface area contributed by atoms with E-state index in [1.807, 2.05) is 44.2 Å². The molecule has 0 atom stereocenters. The molecular weight excluding hydrogens is 236 g/mol. The molecular formula is C16H16N2O. The summed E-state index contributed by atoms with van der Waals surface area (Å²) in [4.78, 5) is 16.5. The Morgan fingerprint density at radius 1 is 1.21 bits per heavy atom. The van der Waals surface area contributed by atoms with Gasteiger partial charge in [-0.3, -0.25) is 9.78 Å². The lowest BCUT2D eigenvalue weighted by Gasteiger charge is -2.11. The zero-order chi connectivity index (χ0) is 13.8. The van der Waals surface area contributed by atoms with Crippen molar-refractivity contribution in [3.05, 3.63) is 65.5 Å². The van der Waals surface area contributed by atoms with Crippen LogP contribution in [0, 0.1) is 13.8 Å². The van der Waals surface area contributed by atoms with E-state index in [0.29, 0.717) is 11.3 Å². The van der Waals surface area contributed by atoms with Crippen LogP contribution in [-0.2, 0) is 0 Å². The van der Waals surface area contributed by atoms with Crippen molar-refractivity contribution in [2.75, 3.05) is 5.32 Å². The van der Waals surface area contributed by atoms with Gasteiger partial charge in [-0.15, -0.1) is 0 Å². The number of para-hydroxylation sites is 1. The standard InChI is InChI=1S/C16H16N2O/c1-4-13-15(12(3)9-10-17-13)16(19)18-14-8-6-5-7-11(14)2/h4-10H,1H2,2-3H3,(H,18,19). The van der Waals surface area contributed by atoms with Gasteiger partial charge in [0.1, 0.15) is 0 Å². The van der Waals surface area contributed by atoms with E-state index >= 15 is 0 Å². The molecule has 1 aromatic heterocycles. The van der Waals surface area contributed by atoms with Crippen LogP contribution in [0.15, 0.2) is 43.1 Å². The monoisotopic (exact) mass is 252 g/mol. The number of benzene rings is 1. The molecule has 2 aromatic rings. The molecule has 0 radical (unpaired) electrons. The minimum Gasteiger partial charge on any atom is -0.322 e. The molecule has 1 heterocycles. The summed E-state index contributed by atoms with van der Waals surface area (Å²) in [5, 5.41) is 2.92. The molecule has 1 N–H and O–H groups in total. The van der Waals surface area contributed by atoms with Crippen LogP contribution in [0.3, 0.4) is 0 Å². The lowest BCUT2D eigenvalue weighted by molar-refractivity contribution is 0.102. The normalized spacial score (nSPS) is 10.0. The Labute approximate surface area is 113 Å². The largest absolute Gasteiger partial charge is 0.322 e. The average molecular weight is 252 g/mol. The topological polar surface area (TPSA) is 42.0 Å². The summed E-state index contributed by atoms with van der Waals surface area (Å²) in [6, 6.07) is 9.50. The summed E-state index contributed by atoms with van der Waals surface area (Å²) < 4.78 is 0. The van der Waals surface area contributed by atoms with Gasteiger partial charge in [-0.05, 0) is 43.2 Å². The third-order valence-electron chi connectivity index (χ3n) is 3.00. The van der Waals surface area contributed by atoms with Crippen molar-refractivity contribution in [1.82, 2.24) is 4.98 Å². The van der Waals surface area contributed by atoms with Gasteiger partial charge in [-0.1, -0.05) is 24.8 Å². The van der Waals surface area contributed by atoms with E-state index in [4.69, 9.17) is 0 Å². The molecule has 0 aliphatic carbocycles. The lowest BCUT2D eigenvalue weighted by Crippen LogP contribution is -2.16. The maximum absolute atomic E-state index is 12.4. The second-order valence-corrected chi connectivity index (χ2v) is 4.36. The van der Waals surface area contributed by atoms with Crippen molar-refractivity contribution < 1.29 is 4.79 Å². The maximum Gasteiger partial charge on any atom is 0.258 e. The first-order valence-electron chi connectivity index (χ1n) is 6.08. The molecule has 19 heavy (non-hydrogen) atoms. The van der Waals surface area contributed by atoms with Crippen LogP contribution in [0.5, 0.6) is 0 Å². The zero-order valence-electron chi connectivity index (χ0n) is 11.1. The summed E-state index contributed by atoms with van der Waals surface area (Å²) in [6.45, 7) is 7.55. The Balaban J connectivity index is 2.36. The molecule has 0 spiro atoms. The van der Waals surface area contributed by atoms with E-state index < -0.39 is 0 Å². The maximum atomic E-state index is 12.4. The highest BCUT2D eigenvalue weighted by atomic mass is 16.1. The molecule has 0 saturated carbocycles. The molecule has 0 unspecified atom stereocenters. The van der Waals surface area contributed by atoms with E-state index in [-0.39, 0.29) is 5.91 Å². The first kappa shape index (κ1) is 13.0. The predicted octanol–water partition coefficient (Wildman–Crippen LogP) is 3.59. The fourth-order valence-corrected chi connectivity index (χ4v) is 1.93. The van der Waals surface area contributed by atoms with Crippen molar-refractivity contribution >= 4 is 17.7 Å². The molecule has 3 nitrogen and oxygen atoms in total. The molecule has 0 bridgehead atoms. The van der Waals surface area contributed by atoms with Gasteiger partial charge in [0.05, 0.1) is 11.3 Å². The zero-order valence-corrected chi connectivity index (χ0v) is 11.1. The van der Waals surface area contributed by atoms with E-state index in [9.17, 15) is 4.79 Å². The van der Waals surface area contributed by atoms with Crippen molar-refractivity contribution in [2.45, 2.75) is 13.8 Å². The van der Waals surface area contributed by atoms with Gasteiger partial charge in [0.15, 0.2) is 0 Å². The quantitative estimate of drug-likeness (QED) is 0.907. The molecule has 3 heteroatoms. The molecule has 96 valence electrons. The Morgan fingerprint density at radius 2 is 1.95 bits per heavy atom. The number of pyridine rings is 1. The smallest absolute Gasteiger partial charge is 0.258 e. The van der Waals surface area contributed by atoms with Gasteiger partial charge >= 0.3 is 0 Å². The second kappa shape index (κ2) is 5.48. The molecule has 0 aliphatic heterocycles. The molecule has 0 fully saturated rings. The van der Waals surface area contributed by atoms with Crippen molar-refractivity contribution in [2.24, 2.45) is 0 Å². The number of anilines is 1. The average Bonchev–Trinajstić information content (AvgIpc) is 2.40. The highest BCUT2D eigenvalue weighted by molar-refractivity contribution is 6.07. The Hall–Kier alpha value is -2.42. The third-order valence-corrected chi connectivity index (χ3v) is 3.00. The van der Waals surface area contributed by atoms with Crippen molar-refractivity contribution in [3.8, 4) is 0 Å². The lowest BCUT2D eigenvalue weighted by atomic mass is 10.1. The number of nitrogens with one attached hydrogen (secondary N) is 1. The fourth-order valence-electron chi connectivity index (χ4n) is 1.93. The number of hydrogen-bond donors (Lipinski definition) is 1. The van der Waals surface area contributed by atoms with Crippen LogP contribution in [0.4, 0.5) is 5.69 Å². The summed E-state index contributed by atoms with van der Waals surface area (Å²) in [5.74, 6) is -0.158. The third kappa shape index (κ3) is 2.71. The molecule has 0 saturated heterocycles. The van der Waals surface area contributed by atoms with E-state index in [1.54, 1.807) is 12.3 Å². The summed E-state index contributed by atoms with van der Waals surface area (Å²) in [7, 11) is 0. The van der Waals surface area contributed by atoms with Gasteiger partial charge in [0.25, 0.3) is 5.91 Å². The van der Waals surface area contributed by atoms with Gasteiger partial charge < -0.3 is 5.32 Å². The number of carbonyl (C=O) groups is 1. The molecule has 1 amide bonds. The number of nitrogens with zero attached hydrogens (tertiary/aromatic N) is 1. The number of amides is 1. The van der Waals surface area contributed by atoms with Crippen molar-refractivity contribution in [3.63, 3.8) is 0 Å². The highest BCUT2D eigenvalue weighted by Gasteiger charge is 2.14. The highest BCUT2D eigenvalue weighted by Crippen LogP contribution is 2.18. The van der Waals surface area contributed by atoms with Crippen molar-refractivity contribution in [1.29, 1.82) is 0 Å². The van der Waals surface area contributed by atoms with Gasteiger partial charge in [0, 0.05) is 11.9 Å². The van der Waals surface area contributed by atoms with Gasteiger partial charge in [0.2, 0.25) is 0 Å². The van der Waals surface area contributed by atoms with Gasteiger partial charge in [-0.2, -0.15) is 0 Å². The van der Waals surface area contributed by atoms with Gasteiger partial charge in [-0.25, -0.2) is 0 Å². The second-order valence-electron chi connectivity index (χ2n) is 4.36. The minimum atomic E-state index is -0.158. The van der Waals surface area contributed by atoms with Crippen LogP contribution in [0.1, 0.15) is 27.2 Å². The van der Waals surface area contributed by atoms with Crippen LogP contribution in [0.25, 0.3) is 6.08 Å². The molecule has 0 aliphatic rings. The number of rotatable bonds is 3.